The normalized spacial score (nSPS) is 10.8. The fraction of sp³-hybridized carbons (Fsp3) is 0.250. The van der Waals surface area contributed by atoms with Gasteiger partial charge in [0.1, 0.15) is 0 Å². The van der Waals surface area contributed by atoms with Crippen LogP contribution in [0.2, 0.25) is 0 Å². The van der Waals surface area contributed by atoms with Crippen molar-refractivity contribution in [2.75, 3.05) is 10.6 Å². The zero-order valence-corrected chi connectivity index (χ0v) is 16.8. The summed E-state index contributed by atoms with van der Waals surface area (Å²) in [6.07, 6.45) is 2.43. The van der Waals surface area contributed by atoms with Gasteiger partial charge in [-0.2, -0.15) is 11.3 Å². The number of anilines is 2. The smallest absolute Gasteiger partial charge is 0.230 e. The SMILES string of the molecule is CC(C)c1cnc(NC(=O)Cc2ccc(NC(=O)Cc3ccsc3)cc2)s1. The predicted molar refractivity (Wildman–Crippen MR) is 112 cm³/mol. The number of hydrogen-bond donors (Lipinski definition) is 2. The molecular formula is C20H21N3O2S2. The quantitative estimate of drug-likeness (QED) is 0.605. The minimum Gasteiger partial charge on any atom is -0.326 e. The number of carbonyl (C=O) groups is 2. The van der Waals surface area contributed by atoms with Crippen LogP contribution in [-0.4, -0.2) is 16.8 Å². The van der Waals surface area contributed by atoms with Crippen LogP contribution in [-0.2, 0) is 22.4 Å². The first-order valence-electron chi connectivity index (χ1n) is 8.65. The van der Waals surface area contributed by atoms with Gasteiger partial charge in [0.25, 0.3) is 0 Å². The topological polar surface area (TPSA) is 71.1 Å². The Kier molecular flexibility index (Phi) is 6.36. The molecule has 27 heavy (non-hydrogen) atoms. The molecule has 0 spiro atoms. The van der Waals surface area contributed by atoms with Gasteiger partial charge in [-0.15, -0.1) is 11.3 Å². The zero-order chi connectivity index (χ0) is 19.2. The van der Waals surface area contributed by atoms with Gasteiger partial charge >= 0.3 is 0 Å². The first kappa shape index (κ1) is 19.3. The number of thiazole rings is 1. The molecular weight excluding hydrogens is 378 g/mol. The van der Waals surface area contributed by atoms with Gasteiger partial charge in [-0.05, 0) is 46.0 Å². The summed E-state index contributed by atoms with van der Waals surface area (Å²) in [6.45, 7) is 4.19. The van der Waals surface area contributed by atoms with Gasteiger partial charge in [-0.25, -0.2) is 4.98 Å². The highest BCUT2D eigenvalue weighted by Crippen LogP contribution is 2.25. The second-order valence-corrected chi connectivity index (χ2v) is 8.34. The maximum absolute atomic E-state index is 12.2. The van der Waals surface area contributed by atoms with Gasteiger partial charge in [0.15, 0.2) is 5.13 Å². The molecule has 0 aliphatic carbocycles. The summed E-state index contributed by atoms with van der Waals surface area (Å²) in [5.41, 5.74) is 2.61. The van der Waals surface area contributed by atoms with Crippen molar-refractivity contribution in [3.63, 3.8) is 0 Å². The fourth-order valence-corrected chi connectivity index (χ4v) is 3.95. The number of hydrogen-bond acceptors (Lipinski definition) is 5. The Morgan fingerprint density at radius 2 is 1.70 bits per heavy atom. The number of benzene rings is 1. The number of rotatable bonds is 7. The van der Waals surface area contributed by atoms with Crippen molar-refractivity contribution in [3.8, 4) is 0 Å². The summed E-state index contributed by atoms with van der Waals surface area (Å²) < 4.78 is 0. The molecule has 2 amide bonds. The maximum Gasteiger partial charge on any atom is 0.230 e. The molecule has 0 aliphatic heterocycles. The highest BCUT2D eigenvalue weighted by atomic mass is 32.1. The molecule has 2 N–H and O–H groups in total. The van der Waals surface area contributed by atoms with Crippen molar-refractivity contribution in [2.24, 2.45) is 0 Å². The minimum atomic E-state index is -0.103. The Morgan fingerprint density at radius 3 is 2.33 bits per heavy atom. The van der Waals surface area contributed by atoms with Crippen molar-refractivity contribution < 1.29 is 9.59 Å². The highest BCUT2D eigenvalue weighted by Gasteiger charge is 2.10. The summed E-state index contributed by atoms with van der Waals surface area (Å²) in [6, 6.07) is 9.27. The number of carbonyl (C=O) groups excluding carboxylic acids is 2. The minimum absolute atomic E-state index is 0.0522. The largest absolute Gasteiger partial charge is 0.326 e. The molecule has 0 bridgehead atoms. The number of aromatic nitrogens is 1. The van der Waals surface area contributed by atoms with E-state index in [0.29, 0.717) is 17.5 Å². The lowest BCUT2D eigenvalue weighted by molar-refractivity contribution is -0.116. The summed E-state index contributed by atoms with van der Waals surface area (Å²) in [7, 11) is 0. The lowest BCUT2D eigenvalue weighted by atomic mass is 10.1. The lowest BCUT2D eigenvalue weighted by Gasteiger charge is -2.06. The highest BCUT2D eigenvalue weighted by molar-refractivity contribution is 7.15. The molecule has 0 saturated heterocycles. The number of nitrogens with one attached hydrogen (secondary N) is 2. The molecule has 140 valence electrons. The second-order valence-electron chi connectivity index (χ2n) is 6.50. The van der Waals surface area contributed by atoms with Gasteiger partial charge in [0.2, 0.25) is 11.8 Å². The van der Waals surface area contributed by atoms with Crippen molar-refractivity contribution in [2.45, 2.75) is 32.6 Å². The standard InChI is InChI=1S/C20H21N3O2S2/c1-13(2)17-11-21-20(27-17)23-19(25)9-14-3-5-16(6-4-14)22-18(24)10-15-7-8-26-12-15/h3-8,11-13H,9-10H2,1-2H3,(H,22,24)(H,21,23,25). The Morgan fingerprint density at radius 1 is 1.00 bits per heavy atom. The molecule has 0 atom stereocenters. The Balaban J connectivity index is 1.50. The molecule has 1 aromatic carbocycles. The molecule has 0 aliphatic rings. The third-order valence-corrected chi connectivity index (χ3v) is 5.83. The van der Waals surface area contributed by atoms with Gasteiger partial charge in [0, 0.05) is 16.8 Å². The van der Waals surface area contributed by atoms with E-state index in [1.165, 1.54) is 11.3 Å². The molecule has 3 rings (SSSR count). The lowest BCUT2D eigenvalue weighted by Crippen LogP contribution is -2.15. The van der Waals surface area contributed by atoms with Crippen LogP contribution in [0.25, 0.3) is 0 Å². The van der Waals surface area contributed by atoms with Crippen LogP contribution in [0.5, 0.6) is 0 Å². The monoisotopic (exact) mass is 399 g/mol. The molecule has 2 heterocycles. The first-order valence-corrected chi connectivity index (χ1v) is 10.4. The summed E-state index contributed by atoms with van der Waals surface area (Å²) in [5, 5.41) is 10.3. The zero-order valence-electron chi connectivity index (χ0n) is 15.2. The van der Waals surface area contributed by atoms with Gasteiger partial charge in [-0.3, -0.25) is 9.59 Å². The van der Waals surface area contributed by atoms with Gasteiger partial charge in [-0.1, -0.05) is 26.0 Å². The second kappa shape index (κ2) is 8.92. The molecule has 3 aromatic rings. The summed E-state index contributed by atoms with van der Waals surface area (Å²) >= 11 is 3.08. The van der Waals surface area contributed by atoms with Crippen molar-refractivity contribution in [3.05, 3.63) is 63.3 Å². The summed E-state index contributed by atoms with van der Waals surface area (Å²) in [4.78, 5) is 29.6. The molecule has 5 nitrogen and oxygen atoms in total. The molecule has 0 radical (unpaired) electrons. The third kappa shape index (κ3) is 5.74. The van der Waals surface area contributed by atoms with Crippen molar-refractivity contribution in [1.82, 2.24) is 4.98 Å². The molecule has 0 unspecified atom stereocenters. The van der Waals surface area contributed by atoms with Gasteiger partial charge in [0.05, 0.1) is 12.8 Å². The number of nitrogens with zero attached hydrogens (tertiary/aromatic N) is 1. The Bertz CT molecular complexity index is 900. The van der Waals surface area contributed by atoms with Crippen molar-refractivity contribution >= 4 is 45.3 Å². The predicted octanol–water partition coefficient (Wildman–Crippen LogP) is 4.69. The van der Waals surface area contributed by atoms with Crippen molar-refractivity contribution in [1.29, 1.82) is 0 Å². The van der Waals surface area contributed by atoms with E-state index in [1.807, 2.05) is 41.1 Å². The average molecular weight is 400 g/mol. The summed E-state index contributed by atoms with van der Waals surface area (Å²) in [5.74, 6) is 0.244. The molecule has 0 fully saturated rings. The van der Waals surface area contributed by atoms with E-state index in [9.17, 15) is 9.59 Å². The van der Waals surface area contributed by atoms with Crippen LogP contribution in [0.3, 0.4) is 0 Å². The van der Waals surface area contributed by atoms with E-state index in [0.717, 1.165) is 21.7 Å². The van der Waals surface area contributed by atoms with Crippen LogP contribution >= 0.6 is 22.7 Å². The number of thiophene rings is 1. The molecule has 7 heteroatoms. The Labute approximate surface area is 166 Å². The van der Waals surface area contributed by atoms with E-state index in [-0.39, 0.29) is 18.2 Å². The average Bonchev–Trinajstić information content (AvgIpc) is 3.28. The van der Waals surface area contributed by atoms with E-state index in [1.54, 1.807) is 17.5 Å². The fourth-order valence-electron chi connectivity index (χ4n) is 2.45. The van der Waals surface area contributed by atoms with E-state index >= 15 is 0 Å². The van der Waals surface area contributed by atoms with E-state index in [2.05, 4.69) is 29.5 Å². The number of amides is 2. The van der Waals surface area contributed by atoms with E-state index in [4.69, 9.17) is 0 Å². The van der Waals surface area contributed by atoms with Crippen LogP contribution in [0.15, 0.2) is 47.3 Å². The Hall–Kier alpha value is -2.51. The molecule has 2 aromatic heterocycles. The van der Waals surface area contributed by atoms with Crippen LogP contribution in [0.1, 0.15) is 35.8 Å². The van der Waals surface area contributed by atoms with Crippen LogP contribution in [0.4, 0.5) is 10.8 Å². The van der Waals surface area contributed by atoms with E-state index < -0.39 is 0 Å². The van der Waals surface area contributed by atoms with Crippen LogP contribution in [0, 0.1) is 0 Å². The molecule has 0 saturated carbocycles. The van der Waals surface area contributed by atoms with Crippen LogP contribution < -0.4 is 10.6 Å². The maximum atomic E-state index is 12.2. The first-order chi connectivity index (χ1) is 13.0. The third-order valence-electron chi connectivity index (χ3n) is 3.89. The van der Waals surface area contributed by atoms with Gasteiger partial charge < -0.3 is 10.6 Å².